The second-order valence-electron chi connectivity index (χ2n) is 16.2. The first-order valence-electron chi connectivity index (χ1n) is 21.8. The van der Waals surface area contributed by atoms with Crippen molar-refractivity contribution >= 4 is 69.0 Å². The Labute approximate surface area is 392 Å². The predicted molar refractivity (Wildman–Crippen MR) is 263 cm³/mol. The van der Waals surface area contributed by atoms with Crippen LogP contribution in [0.25, 0.3) is 22.3 Å². The molecule has 0 atom stereocenters. The van der Waals surface area contributed by atoms with Crippen LogP contribution in [0.1, 0.15) is 44.5 Å². The van der Waals surface area contributed by atoms with Gasteiger partial charge in [0.25, 0.3) is 0 Å². The Hall–Kier alpha value is -8.64. The summed E-state index contributed by atoms with van der Waals surface area (Å²) in [5.41, 5.74) is 13.9. The minimum atomic E-state index is -0.368. The molecule has 0 aromatic heterocycles. The maximum Gasteiger partial charge on any atom is 0.309 e. The molecule has 0 saturated heterocycles. The van der Waals surface area contributed by atoms with Crippen molar-refractivity contribution in [2.24, 2.45) is 20.0 Å². The van der Waals surface area contributed by atoms with E-state index in [1.165, 1.54) is 28.4 Å². The van der Waals surface area contributed by atoms with E-state index in [1.807, 2.05) is 146 Å². The Morgan fingerprint density at radius 1 is 0.338 bits per heavy atom. The van der Waals surface area contributed by atoms with Crippen molar-refractivity contribution < 1.29 is 38.1 Å². The van der Waals surface area contributed by atoms with Crippen molar-refractivity contribution in [2.75, 3.05) is 28.4 Å². The van der Waals surface area contributed by atoms with E-state index < -0.39 is 0 Å². The molecule has 5 aliphatic heterocycles. The van der Waals surface area contributed by atoms with E-state index in [1.54, 1.807) is 0 Å². The lowest BCUT2D eigenvalue weighted by molar-refractivity contribution is -0.140. The number of nitrogens with zero attached hydrogens (tertiary/aromatic N) is 4. The standard InChI is InChI=1S/C56H44N4O8/c1-65-49(61)29-33-9-5-13-37(25-33)53-41-17-19-43(57-41)54(38-14-6-10-34(26-38)30-50(62)66-2)45-21-23-47(59-45)56(40-16-8-12-36(28-40)32-52(64)68-4)48-24-22-46(60-48)55(44-20-18-42(53)58-44)39-15-7-11-35(27-39)31-51(63)67-3/h5-28H,29-32H2,1-4H3. The average molecular weight is 901 g/mol. The number of esters is 4. The zero-order chi connectivity index (χ0) is 47.3. The van der Waals surface area contributed by atoms with Crippen LogP contribution >= 0.6 is 0 Å². The molecule has 5 aliphatic rings. The molecular weight excluding hydrogens is 857 g/mol. The number of fused-ring (bicyclic) bond motifs is 4. The lowest BCUT2D eigenvalue weighted by Gasteiger charge is -2.14. The maximum absolute atomic E-state index is 12.5. The Bertz CT molecular complexity index is 2810. The number of aliphatic imine (C=N–C) groups is 4. The first-order chi connectivity index (χ1) is 33.1. The summed E-state index contributed by atoms with van der Waals surface area (Å²) in [4.78, 5) is 71.4. The molecule has 68 heavy (non-hydrogen) atoms. The van der Waals surface area contributed by atoms with Crippen LogP contribution in [-0.4, -0.2) is 75.2 Å². The van der Waals surface area contributed by atoms with Gasteiger partial charge in [-0.15, -0.1) is 0 Å². The molecule has 12 heteroatoms. The molecule has 8 bridgehead atoms. The third kappa shape index (κ3) is 9.38. The number of ether oxygens (including phenoxy) is 4. The van der Waals surface area contributed by atoms with Crippen molar-refractivity contribution in [3.8, 4) is 0 Å². The molecule has 0 unspecified atom stereocenters. The normalized spacial score (nSPS) is 15.7. The molecule has 0 N–H and O–H groups in total. The largest absolute Gasteiger partial charge is 0.469 e. The molecule has 0 saturated carbocycles. The topological polar surface area (TPSA) is 155 Å². The molecule has 0 spiro atoms. The van der Waals surface area contributed by atoms with Crippen molar-refractivity contribution in [3.63, 3.8) is 0 Å². The van der Waals surface area contributed by atoms with Crippen LogP contribution in [0.3, 0.4) is 0 Å². The van der Waals surface area contributed by atoms with Gasteiger partial charge in [0.15, 0.2) is 0 Å². The minimum Gasteiger partial charge on any atom is -0.469 e. The lowest BCUT2D eigenvalue weighted by atomic mass is 9.96. The van der Waals surface area contributed by atoms with Crippen molar-refractivity contribution in [1.29, 1.82) is 0 Å². The van der Waals surface area contributed by atoms with E-state index in [-0.39, 0.29) is 49.6 Å². The highest BCUT2D eigenvalue weighted by Gasteiger charge is 2.28. The minimum absolute atomic E-state index is 0.0707. The molecule has 0 aliphatic carbocycles. The molecule has 12 nitrogen and oxygen atoms in total. The monoisotopic (exact) mass is 900 g/mol. The van der Waals surface area contributed by atoms with Crippen LogP contribution in [0.2, 0.25) is 0 Å². The van der Waals surface area contributed by atoms with Crippen molar-refractivity contribution in [3.05, 3.63) is 213 Å². The van der Waals surface area contributed by atoms with Gasteiger partial charge in [0.1, 0.15) is 0 Å². The molecule has 4 aromatic rings. The number of benzene rings is 4. The molecule has 0 radical (unpaired) electrons. The molecule has 0 amide bonds. The average Bonchev–Trinajstić information content (AvgIpc) is 4.20. The van der Waals surface area contributed by atoms with Crippen molar-refractivity contribution in [2.45, 2.75) is 25.7 Å². The SMILES string of the molecule is COC(=O)Cc1cccc(C2=C3C=CC(=N3)C(c3cccc(CC(=O)OC)c3)=C3C=CC(=N3)C(c3cccc(CC(=O)OC)c3)=C3C=CC(=N3)C(c3cccc(CC(=O)OC)c3)=C3C=CC2=N3)c1. The third-order valence-corrected chi connectivity index (χ3v) is 11.8. The molecular formula is C56H44N4O8. The highest BCUT2D eigenvalue weighted by atomic mass is 16.5. The van der Waals surface area contributed by atoms with Gasteiger partial charge in [-0.05, 0) is 93.1 Å². The van der Waals surface area contributed by atoms with Crippen LogP contribution in [-0.2, 0) is 63.8 Å². The summed E-state index contributed by atoms with van der Waals surface area (Å²) in [6, 6.07) is 30.7. The highest BCUT2D eigenvalue weighted by Crippen LogP contribution is 2.39. The summed E-state index contributed by atoms with van der Waals surface area (Å²) >= 11 is 0. The van der Waals surface area contributed by atoms with E-state index in [9.17, 15) is 19.2 Å². The zero-order valence-electron chi connectivity index (χ0n) is 37.7. The van der Waals surface area contributed by atoms with E-state index in [0.717, 1.165) is 44.5 Å². The summed E-state index contributed by atoms with van der Waals surface area (Å²) in [7, 11) is 5.46. The second kappa shape index (κ2) is 19.4. The quantitative estimate of drug-likeness (QED) is 0.101. The number of carbonyl (C=O) groups excluding carboxylic acids is 4. The fraction of sp³-hybridized carbons (Fsp3) is 0.143. The molecule has 9 rings (SSSR count). The number of carbonyl (C=O) groups is 4. The zero-order valence-corrected chi connectivity index (χ0v) is 37.7. The van der Waals surface area contributed by atoms with E-state index in [2.05, 4.69) is 0 Å². The van der Waals surface area contributed by atoms with Crippen LogP contribution in [0.4, 0.5) is 0 Å². The Balaban J connectivity index is 1.33. The Morgan fingerprint density at radius 2 is 0.559 bits per heavy atom. The van der Waals surface area contributed by atoms with Gasteiger partial charge in [0.2, 0.25) is 0 Å². The third-order valence-electron chi connectivity index (χ3n) is 11.8. The van der Waals surface area contributed by atoms with Gasteiger partial charge in [-0.1, -0.05) is 97.1 Å². The molecule has 5 heterocycles. The van der Waals surface area contributed by atoms with Gasteiger partial charge in [-0.2, -0.15) is 0 Å². The predicted octanol–water partition coefficient (Wildman–Crippen LogP) is 8.55. The van der Waals surface area contributed by atoms with Gasteiger partial charge in [-0.3, -0.25) is 19.2 Å². The van der Waals surface area contributed by atoms with E-state index >= 15 is 0 Å². The fourth-order valence-electron chi connectivity index (χ4n) is 8.57. The summed E-state index contributed by atoms with van der Waals surface area (Å²) in [5, 5.41) is 0. The van der Waals surface area contributed by atoms with Gasteiger partial charge in [0.05, 0.1) is 99.8 Å². The molecule has 4 aromatic carbocycles. The van der Waals surface area contributed by atoms with E-state index in [0.29, 0.717) is 67.9 Å². The van der Waals surface area contributed by atoms with Gasteiger partial charge in [-0.25, -0.2) is 20.0 Å². The summed E-state index contributed by atoms with van der Waals surface area (Å²) in [6.45, 7) is 0. The summed E-state index contributed by atoms with van der Waals surface area (Å²) in [6.07, 6.45) is 15.9. The first kappa shape index (κ1) is 44.6. The number of rotatable bonds is 12. The van der Waals surface area contributed by atoms with Crippen LogP contribution in [0.15, 0.2) is 188 Å². The van der Waals surface area contributed by atoms with Gasteiger partial charge < -0.3 is 18.9 Å². The number of methoxy groups -OCH3 is 4. The van der Waals surface area contributed by atoms with Gasteiger partial charge >= 0.3 is 23.9 Å². The lowest BCUT2D eigenvalue weighted by Crippen LogP contribution is -2.07. The molecule has 336 valence electrons. The highest BCUT2D eigenvalue weighted by molar-refractivity contribution is 6.39. The van der Waals surface area contributed by atoms with Crippen LogP contribution in [0.5, 0.6) is 0 Å². The molecule has 0 fully saturated rings. The Kier molecular flexibility index (Phi) is 12.7. The number of hydrogen-bond acceptors (Lipinski definition) is 12. The van der Waals surface area contributed by atoms with Crippen molar-refractivity contribution in [1.82, 2.24) is 0 Å². The van der Waals surface area contributed by atoms with Gasteiger partial charge in [0, 0.05) is 22.3 Å². The number of hydrogen-bond donors (Lipinski definition) is 0. The Morgan fingerprint density at radius 3 is 0.765 bits per heavy atom. The summed E-state index contributed by atoms with van der Waals surface area (Å²) in [5.74, 6) is -1.47. The maximum atomic E-state index is 12.5. The van der Waals surface area contributed by atoms with Crippen LogP contribution in [0, 0.1) is 0 Å². The number of allylic oxidation sites excluding steroid dienone is 12. The first-order valence-corrected chi connectivity index (χ1v) is 21.8. The summed E-state index contributed by atoms with van der Waals surface area (Å²) < 4.78 is 20.1. The van der Waals surface area contributed by atoms with Crippen LogP contribution < -0.4 is 0 Å². The smallest absolute Gasteiger partial charge is 0.309 e. The fourth-order valence-corrected chi connectivity index (χ4v) is 8.57. The van der Waals surface area contributed by atoms with E-state index in [4.69, 9.17) is 38.9 Å². The second-order valence-corrected chi connectivity index (χ2v) is 16.2.